The van der Waals surface area contributed by atoms with Crippen molar-refractivity contribution in [3.63, 3.8) is 0 Å². The van der Waals surface area contributed by atoms with E-state index in [2.05, 4.69) is 5.16 Å². The molecule has 0 unspecified atom stereocenters. The van der Waals surface area contributed by atoms with Crippen molar-refractivity contribution < 1.29 is 18.8 Å². The molecule has 6 nitrogen and oxygen atoms in total. The Kier molecular flexibility index (Phi) is 5.73. The van der Waals surface area contributed by atoms with Gasteiger partial charge < -0.3 is 14.2 Å². The summed E-state index contributed by atoms with van der Waals surface area (Å²) in [6, 6.07) is 6.81. The van der Waals surface area contributed by atoms with Crippen LogP contribution in [0.1, 0.15) is 40.7 Å². The van der Waals surface area contributed by atoms with Gasteiger partial charge in [-0.3, -0.25) is 9.59 Å². The summed E-state index contributed by atoms with van der Waals surface area (Å²) in [6.45, 7) is 5.84. The van der Waals surface area contributed by atoms with E-state index in [0.29, 0.717) is 30.0 Å². The van der Waals surface area contributed by atoms with Crippen molar-refractivity contribution in [1.29, 1.82) is 0 Å². The summed E-state index contributed by atoms with van der Waals surface area (Å²) in [5.74, 6) is 1.20. The second kappa shape index (κ2) is 7.77. The van der Waals surface area contributed by atoms with Crippen LogP contribution in [0.3, 0.4) is 0 Å². The van der Waals surface area contributed by atoms with Gasteiger partial charge in [0.25, 0.3) is 5.91 Å². The smallest absolute Gasteiger partial charge is 0.260 e. The maximum Gasteiger partial charge on any atom is 0.260 e. The largest absolute Gasteiger partial charge is 0.484 e. The van der Waals surface area contributed by atoms with Crippen LogP contribution in [-0.4, -0.2) is 35.4 Å². The zero-order valence-corrected chi connectivity index (χ0v) is 14.5. The molecule has 24 heavy (non-hydrogen) atoms. The van der Waals surface area contributed by atoms with Gasteiger partial charge in [-0.1, -0.05) is 12.1 Å². The summed E-state index contributed by atoms with van der Waals surface area (Å²) in [5, 5.41) is 3.88. The topological polar surface area (TPSA) is 72.6 Å². The summed E-state index contributed by atoms with van der Waals surface area (Å²) in [7, 11) is 1.71. The molecule has 1 aromatic heterocycles. The number of nitrogens with zero attached hydrogens (tertiary/aromatic N) is 2. The number of rotatable bonds is 7. The van der Waals surface area contributed by atoms with Gasteiger partial charge in [0.15, 0.2) is 12.4 Å². The molecule has 0 spiro atoms. The van der Waals surface area contributed by atoms with E-state index in [1.165, 1.54) is 0 Å². The maximum absolute atomic E-state index is 12.2. The minimum absolute atomic E-state index is 0.0685. The van der Waals surface area contributed by atoms with Crippen molar-refractivity contribution >= 4 is 11.7 Å². The summed E-state index contributed by atoms with van der Waals surface area (Å²) in [5.41, 5.74) is 2.34. The van der Waals surface area contributed by atoms with E-state index in [0.717, 1.165) is 11.3 Å². The molecule has 6 heteroatoms. The highest BCUT2D eigenvalue weighted by atomic mass is 16.5. The SMILES string of the molecule is CCC(=O)c1ccc(OCC(=O)N(C)Cc2c(C)noc2C)cc1. The van der Waals surface area contributed by atoms with Crippen molar-refractivity contribution in [1.82, 2.24) is 10.1 Å². The van der Waals surface area contributed by atoms with Crippen LogP contribution in [0.5, 0.6) is 5.75 Å². The lowest BCUT2D eigenvalue weighted by molar-refractivity contribution is -0.132. The van der Waals surface area contributed by atoms with Crippen molar-refractivity contribution in [3.8, 4) is 5.75 Å². The summed E-state index contributed by atoms with van der Waals surface area (Å²) in [6.07, 6.45) is 0.463. The number of hydrogen-bond donors (Lipinski definition) is 0. The van der Waals surface area contributed by atoms with E-state index in [1.807, 2.05) is 20.8 Å². The van der Waals surface area contributed by atoms with Crippen LogP contribution < -0.4 is 4.74 Å². The first kappa shape index (κ1) is 17.7. The lowest BCUT2D eigenvalue weighted by atomic mass is 10.1. The van der Waals surface area contributed by atoms with Crippen molar-refractivity contribution in [2.75, 3.05) is 13.7 Å². The average molecular weight is 330 g/mol. The lowest BCUT2D eigenvalue weighted by Crippen LogP contribution is -2.31. The van der Waals surface area contributed by atoms with Crippen LogP contribution in [-0.2, 0) is 11.3 Å². The van der Waals surface area contributed by atoms with Crippen LogP contribution in [0.25, 0.3) is 0 Å². The lowest BCUT2D eigenvalue weighted by Gasteiger charge is -2.17. The third kappa shape index (κ3) is 4.22. The van der Waals surface area contributed by atoms with Gasteiger partial charge in [0.05, 0.1) is 12.2 Å². The molecule has 1 aromatic carbocycles. The molecule has 0 aliphatic carbocycles. The Balaban J connectivity index is 1.89. The van der Waals surface area contributed by atoms with Crippen LogP contribution in [0.15, 0.2) is 28.8 Å². The molecular weight excluding hydrogens is 308 g/mol. The monoisotopic (exact) mass is 330 g/mol. The van der Waals surface area contributed by atoms with E-state index >= 15 is 0 Å². The Bertz CT molecular complexity index is 700. The number of benzene rings is 1. The molecule has 0 atom stereocenters. The minimum atomic E-state index is -0.149. The van der Waals surface area contributed by atoms with E-state index < -0.39 is 0 Å². The van der Waals surface area contributed by atoms with Crippen molar-refractivity contribution in [2.24, 2.45) is 0 Å². The normalized spacial score (nSPS) is 10.5. The fraction of sp³-hybridized carbons (Fsp3) is 0.389. The molecule has 128 valence electrons. The number of aromatic nitrogens is 1. The number of carbonyl (C=O) groups is 2. The van der Waals surface area contributed by atoms with Gasteiger partial charge in [-0.25, -0.2) is 0 Å². The molecule has 2 rings (SSSR count). The van der Waals surface area contributed by atoms with Crippen LogP contribution in [0, 0.1) is 13.8 Å². The van der Waals surface area contributed by atoms with Gasteiger partial charge in [-0.15, -0.1) is 0 Å². The van der Waals surface area contributed by atoms with Gasteiger partial charge in [0.1, 0.15) is 11.5 Å². The van der Waals surface area contributed by atoms with Gasteiger partial charge in [0.2, 0.25) is 0 Å². The number of likely N-dealkylation sites (N-methyl/N-ethyl adjacent to an activating group) is 1. The molecule has 0 fully saturated rings. The number of aryl methyl sites for hydroxylation is 2. The molecule has 0 N–H and O–H groups in total. The standard InChI is InChI=1S/C18H22N2O4/c1-5-17(21)14-6-8-15(9-7-14)23-11-18(22)20(4)10-16-12(2)19-24-13(16)3/h6-9H,5,10-11H2,1-4H3. The average Bonchev–Trinajstić information content (AvgIpc) is 2.91. The second-order valence-electron chi connectivity index (χ2n) is 5.64. The third-order valence-corrected chi connectivity index (χ3v) is 3.86. The molecule has 2 aromatic rings. The third-order valence-electron chi connectivity index (χ3n) is 3.86. The van der Waals surface area contributed by atoms with E-state index in [4.69, 9.17) is 9.26 Å². The maximum atomic E-state index is 12.2. The van der Waals surface area contributed by atoms with E-state index in [-0.39, 0.29) is 18.3 Å². The highest BCUT2D eigenvalue weighted by molar-refractivity contribution is 5.95. The summed E-state index contributed by atoms with van der Waals surface area (Å²) >= 11 is 0. The molecule has 1 heterocycles. The van der Waals surface area contributed by atoms with E-state index in [1.54, 1.807) is 36.2 Å². The minimum Gasteiger partial charge on any atom is -0.484 e. The van der Waals surface area contributed by atoms with Crippen LogP contribution in [0.4, 0.5) is 0 Å². The Labute approximate surface area is 141 Å². The zero-order chi connectivity index (χ0) is 17.7. The first-order chi connectivity index (χ1) is 11.4. The zero-order valence-electron chi connectivity index (χ0n) is 14.5. The Hall–Kier alpha value is -2.63. The van der Waals surface area contributed by atoms with Crippen LogP contribution in [0.2, 0.25) is 0 Å². The molecule has 0 aliphatic rings. The molecule has 1 amide bonds. The number of amides is 1. The number of carbonyl (C=O) groups excluding carboxylic acids is 2. The second-order valence-corrected chi connectivity index (χ2v) is 5.64. The number of ether oxygens (including phenoxy) is 1. The Morgan fingerprint density at radius 2 is 1.88 bits per heavy atom. The molecule has 0 saturated carbocycles. The summed E-state index contributed by atoms with van der Waals surface area (Å²) in [4.78, 5) is 25.3. The molecule has 0 saturated heterocycles. The van der Waals surface area contributed by atoms with E-state index in [9.17, 15) is 9.59 Å². The molecule has 0 radical (unpaired) electrons. The first-order valence-corrected chi connectivity index (χ1v) is 7.84. The summed E-state index contributed by atoms with van der Waals surface area (Å²) < 4.78 is 10.6. The Morgan fingerprint density at radius 3 is 2.42 bits per heavy atom. The first-order valence-electron chi connectivity index (χ1n) is 7.84. The van der Waals surface area contributed by atoms with Gasteiger partial charge in [-0.2, -0.15) is 0 Å². The fourth-order valence-electron chi connectivity index (χ4n) is 2.25. The van der Waals surface area contributed by atoms with Crippen molar-refractivity contribution in [2.45, 2.75) is 33.7 Å². The fourth-order valence-corrected chi connectivity index (χ4v) is 2.25. The van der Waals surface area contributed by atoms with Gasteiger partial charge in [-0.05, 0) is 38.1 Å². The molecule has 0 bridgehead atoms. The number of Topliss-reactive ketones (excluding diaryl/α,β-unsaturated/α-hetero) is 1. The quantitative estimate of drug-likeness (QED) is 0.730. The predicted octanol–water partition coefficient (Wildman–Crippen LogP) is 2.92. The predicted molar refractivity (Wildman–Crippen MR) is 89.0 cm³/mol. The molecular formula is C18H22N2O4. The molecule has 0 aliphatic heterocycles. The van der Waals surface area contributed by atoms with Gasteiger partial charge >= 0.3 is 0 Å². The van der Waals surface area contributed by atoms with Crippen LogP contribution >= 0.6 is 0 Å². The highest BCUT2D eigenvalue weighted by Gasteiger charge is 2.16. The number of hydrogen-bond acceptors (Lipinski definition) is 5. The highest BCUT2D eigenvalue weighted by Crippen LogP contribution is 2.16. The number of ketones is 1. The van der Waals surface area contributed by atoms with Crippen molar-refractivity contribution in [3.05, 3.63) is 46.8 Å². The Morgan fingerprint density at radius 1 is 1.21 bits per heavy atom. The van der Waals surface area contributed by atoms with Gasteiger partial charge in [0, 0.05) is 24.6 Å².